The van der Waals surface area contributed by atoms with Crippen LogP contribution in [0.15, 0.2) is 65.7 Å². The lowest BCUT2D eigenvalue weighted by Crippen LogP contribution is -2.44. The Hall–Kier alpha value is -2.94. The van der Waals surface area contributed by atoms with Crippen molar-refractivity contribution in [3.63, 3.8) is 0 Å². The second-order valence-corrected chi connectivity index (χ2v) is 11.3. The maximum absolute atomic E-state index is 12.9. The van der Waals surface area contributed by atoms with E-state index in [0.29, 0.717) is 25.3 Å². The number of aromatic nitrogens is 1. The predicted octanol–water partition coefficient (Wildman–Crippen LogP) is 4.46. The van der Waals surface area contributed by atoms with Gasteiger partial charge in [-0.25, -0.2) is 8.42 Å². The lowest BCUT2D eigenvalue weighted by atomic mass is 9.98. The van der Waals surface area contributed by atoms with Gasteiger partial charge >= 0.3 is 0 Å². The molecule has 0 saturated carbocycles. The summed E-state index contributed by atoms with van der Waals surface area (Å²) in [4.78, 5) is 18.7. The Morgan fingerprint density at radius 1 is 1.00 bits per heavy atom. The monoisotopic (exact) mass is 492 g/mol. The third kappa shape index (κ3) is 4.91. The number of piperidine rings is 1. The van der Waals surface area contributed by atoms with Crippen LogP contribution >= 0.6 is 0 Å². The van der Waals surface area contributed by atoms with E-state index in [1.807, 2.05) is 13.0 Å². The lowest BCUT2D eigenvalue weighted by molar-refractivity contribution is -0.120. The third-order valence-electron chi connectivity index (χ3n) is 7.18. The maximum Gasteiger partial charge on any atom is 0.243 e. The summed E-state index contributed by atoms with van der Waals surface area (Å²) in [6, 6.07) is 14.5. The Morgan fingerprint density at radius 3 is 2.46 bits per heavy atom. The summed E-state index contributed by atoms with van der Waals surface area (Å²) in [5.74, 6) is -0.0967. The first-order valence-corrected chi connectivity index (χ1v) is 13.8. The summed E-state index contributed by atoms with van der Waals surface area (Å²) in [7, 11) is -3.47. The van der Waals surface area contributed by atoms with Gasteiger partial charge in [0.1, 0.15) is 0 Å². The Bertz CT molecular complexity index is 1340. The molecule has 1 fully saturated rings. The van der Waals surface area contributed by atoms with Crippen LogP contribution in [0, 0.1) is 0 Å². The van der Waals surface area contributed by atoms with Crippen molar-refractivity contribution in [3.8, 4) is 0 Å². The molecule has 2 N–H and O–H groups in total. The second-order valence-electron chi connectivity index (χ2n) is 9.38. The normalized spacial score (nSPS) is 18.8. The zero-order valence-corrected chi connectivity index (χ0v) is 20.9. The number of hydrogen-bond acceptors (Lipinski definition) is 4. The topological polar surface area (TPSA) is 85.5 Å². The number of carbonyl (C=O) groups excluding carboxylic acids is 1. The van der Waals surface area contributed by atoms with E-state index in [9.17, 15) is 13.2 Å². The summed E-state index contributed by atoms with van der Waals surface area (Å²) in [5.41, 5.74) is 4.27. The van der Waals surface area contributed by atoms with Gasteiger partial charge in [-0.05, 0) is 62.1 Å². The number of benzene rings is 2. The highest BCUT2D eigenvalue weighted by Gasteiger charge is 2.27. The number of carbonyl (C=O) groups is 1. The molecular weight excluding hydrogens is 460 g/mol. The summed E-state index contributed by atoms with van der Waals surface area (Å²) in [6.45, 7) is 4.56. The Morgan fingerprint density at radius 2 is 1.74 bits per heavy atom. The molecule has 0 unspecified atom stereocenters. The molecule has 0 aliphatic carbocycles. The maximum atomic E-state index is 12.9. The van der Waals surface area contributed by atoms with Gasteiger partial charge in [0.25, 0.3) is 0 Å². The standard InChI is InChI=1S/C27H32N4O3S/c1-20(30-17-13-21(14-18-30)25-19-28-26-8-4-3-7-24(25)26)27(32)29-22-9-11-23(12-10-22)35(33,34)31-15-5-2-6-16-31/h3-4,7-13,19-20,28H,2,5-6,14-18H2,1H3,(H,29,32)/t20-/m1/s1. The van der Waals surface area contributed by atoms with E-state index in [0.717, 1.165) is 37.7 Å². The van der Waals surface area contributed by atoms with Crippen molar-refractivity contribution in [1.29, 1.82) is 0 Å². The van der Waals surface area contributed by atoms with Crippen molar-refractivity contribution in [2.24, 2.45) is 0 Å². The third-order valence-corrected chi connectivity index (χ3v) is 9.09. The number of para-hydroxylation sites is 1. The van der Waals surface area contributed by atoms with Crippen LogP contribution in [0.5, 0.6) is 0 Å². The molecular formula is C27H32N4O3S. The molecule has 35 heavy (non-hydrogen) atoms. The van der Waals surface area contributed by atoms with E-state index < -0.39 is 10.0 Å². The van der Waals surface area contributed by atoms with Gasteiger partial charge < -0.3 is 10.3 Å². The highest BCUT2D eigenvalue weighted by molar-refractivity contribution is 7.89. The van der Waals surface area contributed by atoms with Crippen molar-refractivity contribution in [3.05, 3.63) is 66.4 Å². The SMILES string of the molecule is C[C@H](C(=O)Nc1ccc(S(=O)(=O)N2CCCCC2)cc1)N1CC=C(c2c[nH]c3ccccc23)CC1. The van der Waals surface area contributed by atoms with Gasteiger partial charge in [0.2, 0.25) is 15.9 Å². The van der Waals surface area contributed by atoms with Gasteiger partial charge in [-0.3, -0.25) is 9.69 Å². The molecule has 1 saturated heterocycles. The molecule has 1 aromatic heterocycles. The number of sulfonamides is 1. The van der Waals surface area contributed by atoms with Crippen LogP contribution in [-0.2, 0) is 14.8 Å². The smallest absolute Gasteiger partial charge is 0.243 e. The summed E-state index contributed by atoms with van der Waals surface area (Å²) in [6.07, 6.45) is 8.04. The van der Waals surface area contributed by atoms with E-state index in [-0.39, 0.29) is 16.8 Å². The summed E-state index contributed by atoms with van der Waals surface area (Å²) in [5, 5.41) is 4.17. The van der Waals surface area contributed by atoms with E-state index in [4.69, 9.17) is 0 Å². The first-order valence-electron chi connectivity index (χ1n) is 12.3. The van der Waals surface area contributed by atoms with E-state index in [1.165, 1.54) is 16.5 Å². The molecule has 1 amide bonds. The van der Waals surface area contributed by atoms with Gasteiger partial charge in [0.15, 0.2) is 0 Å². The predicted molar refractivity (Wildman–Crippen MR) is 140 cm³/mol. The van der Waals surface area contributed by atoms with Crippen molar-refractivity contribution < 1.29 is 13.2 Å². The number of aromatic amines is 1. The van der Waals surface area contributed by atoms with Crippen molar-refractivity contribution in [2.75, 3.05) is 31.5 Å². The largest absolute Gasteiger partial charge is 0.361 e. The minimum absolute atomic E-state index is 0.0967. The molecule has 184 valence electrons. The van der Waals surface area contributed by atoms with Crippen LogP contribution in [-0.4, -0.2) is 60.7 Å². The molecule has 0 radical (unpaired) electrons. The van der Waals surface area contributed by atoms with E-state index in [2.05, 4.69) is 45.7 Å². The fraction of sp³-hybridized carbons (Fsp3) is 0.370. The van der Waals surface area contributed by atoms with Crippen molar-refractivity contribution in [1.82, 2.24) is 14.2 Å². The Labute approximate surface area is 206 Å². The zero-order valence-electron chi connectivity index (χ0n) is 20.0. The van der Waals surface area contributed by atoms with Gasteiger partial charge in [-0.15, -0.1) is 0 Å². The van der Waals surface area contributed by atoms with E-state index in [1.54, 1.807) is 28.6 Å². The van der Waals surface area contributed by atoms with Crippen molar-refractivity contribution in [2.45, 2.75) is 43.5 Å². The molecule has 0 spiro atoms. The Balaban J connectivity index is 1.20. The molecule has 3 aromatic rings. The first kappa shape index (κ1) is 23.8. The molecule has 2 aliphatic rings. The molecule has 2 aromatic carbocycles. The van der Waals surface area contributed by atoms with Crippen molar-refractivity contribution >= 4 is 38.1 Å². The number of nitrogens with zero attached hydrogens (tertiary/aromatic N) is 2. The number of rotatable bonds is 6. The van der Waals surface area contributed by atoms with Crippen LogP contribution in [0.2, 0.25) is 0 Å². The minimum Gasteiger partial charge on any atom is -0.361 e. The quantitative estimate of drug-likeness (QED) is 0.532. The number of nitrogens with one attached hydrogen (secondary N) is 2. The van der Waals surface area contributed by atoms with Gasteiger partial charge in [0, 0.05) is 54.5 Å². The summed E-state index contributed by atoms with van der Waals surface area (Å²) >= 11 is 0. The molecule has 0 bridgehead atoms. The van der Waals surface area contributed by atoms with Gasteiger partial charge in [0.05, 0.1) is 10.9 Å². The Kier molecular flexibility index (Phi) is 6.77. The van der Waals surface area contributed by atoms with Gasteiger partial charge in [-0.1, -0.05) is 30.7 Å². The van der Waals surface area contributed by atoms with Crippen LogP contribution in [0.3, 0.4) is 0 Å². The number of hydrogen-bond donors (Lipinski definition) is 2. The average molecular weight is 493 g/mol. The zero-order chi connectivity index (χ0) is 24.4. The lowest BCUT2D eigenvalue weighted by Gasteiger charge is -2.31. The molecule has 1 atom stereocenters. The van der Waals surface area contributed by atoms with Crippen LogP contribution in [0.25, 0.3) is 16.5 Å². The molecule has 2 aliphatic heterocycles. The summed E-state index contributed by atoms with van der Waals surface area (Å²) < 4.78 is 27.2. The van der Waals surface area contributed by atoms with E-state index >= 15 is 0 Å². The number of amides is 1. The molecule has 5 rings (SSSR count). The fourth-order valence-electron chi connectivity index (χ4n) is 5.00. The number of H-pyrrole nitrogens is 1. The second kappa shape index (κ2) is 9.97. The first-order chi connectivity index (χ1) is 16.9. The minimum atomic E-state index is -3.47. The van der Waals surface area contributed by atoms with Gasteiger partial charge in [-0.2, -0.15) is 4.31 Å². The number of fused-ring (bicyclic) bond motifs is 1. The highest BCUT2D eigenvalue weighted by Crippen LogP contribution is 2.30. The molecule has 8 heteroatoms. The van der Waals surface area contributed by atoms with Crippen LogP contribution in [0.1, 0.15) is 38.2 Å². The molecule has 3 heterocycles. The fourth-order valence-corrected chi connectivity index (χ4v) is 6.51. The number of anilines is 1. The average Bonchev–Trinajstić information content (AvgIpc) is 3.33. The van der Waals surface area contributed by atoms with Crippen LogP contribution in [0.4, 0.5) is 5.69 Å². The highest BCUT2D eigenvalue weighted by atomic mass is 32.2. The molecule has 7 nitrogen and oxygen atoms in total. The van der Waals surface area contributed by atoms with Crippen LogP contribution < -0.4 is 5.32 Å².